The maximum absolute atomic E-state index is 9.61. The van der Waals surface area contributed by atoms with Gasteiger partial charge in [-0.2, -0.15) is 0 Å². The summed E-state index contributed by atoms with van der Waals surface area (Å²) in [6.45, 7) is 1.21. The molecule has 0 saturated carbocycles. The molecule has 0 bridgehead atoms. The maximum Gasteiger partial charge on any atom is 0.121 e. The van der Waals surface area contributed by atoms with Gasteiger partial charge in [0.2, 0.25) is 0 Å². The molecule has 0 unspecified atom stereocenters. The second kappa shape index (κ2) is 5.30. The molecule has 0 radical (unpaired) electrons. The van der Waals surface area contributed by atoms with Crippen LogP contribution in [0.5, 0.6) is 5.75 Å². The van der Waals surface area contributed by atoms with Crippen LogP contribution in [0.4, 0.5) is 0 Å². The fourth-order valence-corrected chi connectivity index (χ4v) is 2.16. The van der Waals surface area contributed by atoms with Gasteiger partial charge in [-0.05, 0) is 12.1 Å². The molecule has 0 amide bonds. The average molecular weight is 255 g/mol. The van der Waals surface area contributed by atoms with Crippen LogP contribution >= 0.6 is 22.9 Å². The molecule has 5 heteroatoms. The number of aromatic hydroxyl groups is 1. The van der Waals surface area contributed by atoms with Gasteiger partial charge in [0.25, 0.3) is 0 Å². The van der Waals surface area contributed by atoms with E-state index in [-0.39, 0.29) is 5.75 Å². The van der Waals surface area contributed by atoms with E-state index >= 15 is 0 Å². The number of benzene rings is 1. The first kappa shape index (κ1) is 11.4. The van der Waals surface area contributed by atoms with Crippen molar-refractivity contribution in [3.63, 3.8) is 0 Å². The number of hydrogen-bond donors (Lipinski definition) is 2. The molecular formula is C11H11ClN2OS. The minimum atomic E-state index is 0.221. The van der Waals surface area contributed by atoms with Crippen LogP contribution < -0.4 is 5.32 Å². The molecule has 3 nitrogen and oxygen atoms in total. The molecule has 0 aliphatic rings. The number of nitrogens with zero attached hydrogens (tertiary/aromatic N) is 1. The summed E-state index contributed by atoms with van der Waals surface area (Å²) in [6, 6.07) is 5.12. The number of rotatable bonds is 4. The molecule has 1 heterocycles. The average Bonchev–Trinajstić information content (AvgIpc) is 2.75. The SMILES string of the molecule is Oc1cccc(Cl)c1CNCc1cscn1. The third-order valence-electron chi connectivity index (χ3n) is 2.19. The topological polar surface area (TPSA) is 45.1 Å². The summed E-state index contributed by atoms with van der Waals surface area (Å²) in [4.78, 5) is 4.15. The molecule has 0 fully saturated rings. The van der Waals surface area contributed by atoms with Crippen LogP contribution in [0.3, 0.4) is 0 Å². The lowest BCUT2D eigenvalue weighted by Gasteiger charge is -2.07. The second-order valence-corrected chi connectivity index (χ2v) is 4.45. The third-order valence-corrected chi connectivity index (χ3v) is 3.17. The summed E-state index contributed by atoms with van der Waals surface area (Å²) in [7, 11) is 0. The van der Waals surface area contributed by atoms with Crippen molar-refractivity contribution in [2.45, 2.75) is 13.1 Å². The minimum absolute atomic E-state index is 0.221. The Morgan fingerprint density at radius 2 is 2.25 bits per heavy atom. The number of thiazole rings is 1. The molecular weight excluding hydrogens is 244 g/mol. The van der Waals surface area contributed by atoms with Gasteiger partial charge in [-0.15, -0.1) is 11.3 Å². The summed E-state index contributed by atoms with van der Waals surface area (Å²) < 4.78 is 0. The second-order valence-electron chi connectivity index (χ2n) is 3.32. The molecule has 2 N–H and O–H groups in total. The summed E-state index contributed by atoms with van der Waals surface area (Å²) in [5.41, 5.74) is 3.51. The lowest BCUT2D eigenvalue weighted by Crippen LogP contribution is -2.13. The first-order valence-electron chi connectivity index (χ1n) is 4.81. The zero-order valence-corrected chi connectivity index (χ0v) is 10.1. The molecule has 16 heavy (non-hydrogen) atoms. The molecule has 2 aromatic rings. The number of nitrogens with one attached hydrogen (secondary N) is 1. The Morgan fingerprint density at radius 3 is 2.94 bits per heavy atom. The lowest BCUT2D eigenvalue weighted by molar-refractivity contribution is 0.464. The molecule has 84 valence electrons. The number of hydrogen-bond acceptors (Lipinski definition) is 4. The molecule has 0 aliphatic carbocycles. The van der Waals surface area contributed by atoms with E-state index in [0.717, 1.165) is 11.3 Å². The van der Waals surface area contributed by atoms with Crippen LogP contribution in [-0.2, 0) is 13.1 Å². The van der Waals surface area contributed by atoms with E-state index in [0.29, 0.717) is 18.1 Å². The summed E-state index contributed by atoms with van der Waals surface area (Å²) >= 11 is 7.54. The minimum Gasteiger partial charge on any atom is -0.508 e. The van der Waals surface area contributed by atoms with E-state index in [2.05, 4.69) is 10.3 Å². The van der Waals surface area contributed by atoms with Crippen LogP contribution in [0, 0.1) is 0 Å². The number of aromatic nitrogens is 1. The predicted molar refractivity (Wildman–Crippen MR) is 65.8 cm³/mol. The Balaban J connectivity index is 1.95. The molecule has 0 atom stereocenters. The Kier molecular flexibility index (Phi) is 3.77. The zero-order chi connectivity index (χ0) is 11.4. The smallest absolute Gasteiger partial charge is 0.121 e. The lowest BCUT2D eigenvalue weighted by atomic mass is 10.2. The summed E-state index contributed by atoms with van der Waals surface area (Å²) in [6.07, 6.45) is 0. The summed E-state index contributed by atoms with van der Waals surface area (Å²) in [5, 5.41) is 15.4. The standard InChI is InChI=1S/C11H11ClN2OS/c12-10-2-1-3-11(15)9(10)5-13-4-8-6-16-7-14-8/h1-3,6-7,13,15H,4-5H2. The van der Waals surface area contributed by atoms with Gasteiger partial charge in [-0.25, -0.2) is 4.98 Å². The number of halogens is 1. The van der Waals surface area contributed by atoms with Gasteiger partial charge in [0.05, 0.1) is 11.2 Å². The highest BCUT2D eigenvalue weighted by Crippen LogP contribution is 2.24. The van der Waals surface area contributed by atoms with Crippen molar-refractivity contribution in [1.29, 1.82) is 0 Å². The molecule has 1 aromatic carbocycles. The highest BCUT2D eigenvalue weighted by molar-refractivity contribution is 7.07. The van der Waals surface area contributed by atoms with Crippen molar-refractivity contribution < 1.29 is 5.11 Å². The fraction of sp³-hybridized carbons (Fsp3) is 0.182. The molecule has 0 aliphatic heterocycles. The van der Waals surface area contributed by atoms with Crippen LogP contribution in [0.15, 0.2) is 29.1 Å². The quantitative estimate of drug-likeness (QED) is 0.882. The molecule has 1 aromatic heterocycles. The molecule has 0 saturated heterocycles. The van der Waals surface area contributed by atoms with Gasteiger partial charge in [0.15, 0.2) is 0 Å². The van der Waals surface area contributed by atoms with Gasteiger partial charge in [-0.1, -0.05) is 17.7 Å². The maximum atomic E-state index is 9.61. The van der Waals surface area contributed by atoms with Gasteiger partial charge < -0.3 is 10.4 Å². The van der Waals surface area contributed by atoms with E-state index < -0.39 is 0 Å². The molecule has 0 spiro atoms. The summed E-state index contributed by atoms with van der Waals surface area (Å²) in [5.74, 6) is 0.221. The number of phenols is 1. The predicted octanol–water partition coefficient (Wildman–Crippen LogP) is 2.79. The normalized spacial score (nSPS) is 10.6. The van der Waals surface area contributed by atoms with E-state index in [1.165, 1.54) is 0 Å². The van der Waals surface area contributed by atoms with E-state index in [9.17, 15) is 5.11 Å². The zero-order valence-electron chi connectivity index (χ0n) is 8.48. The fourth-order valence-electron chi connectivity index (χ4n) is 1.36. The Labute approximate surface area is 103 Å². The van der Waals surface area contributed by atoms with E-state index in [1.807, 2.05) is 5.38 Å². The van der Waals surface area contributed by atoms with Crippen molar-refractivity contribution >= 4 is 22.9 Å². The van der Waals surface area contributed by atoms with Crippen LogP contribution in [-0.4, -0.2) is 10.1 Å². The highest BCUT2D eigenvalue weighted by Gasteiger charge is 2.05. The van der Waals surface area contributed by atoms with Crippen molar-refractivity contribution in [3.05, 3.63) is 45.4 Å². The van der Waals surface area contributed by atoms with Crippen molar-refractivity contribution in [2.75, 3.05) is 0 Å². The van der Waals surface area contributed by atoms with Gasteiger partial charge >= 0.3 is 0 Å². The Hall–Kier alpha value is -1.10. The van der Waals surface area contributed by atoms with Gasteiger partial charge in [0.1, 0.15) is 5.75 Å². The van der Waals surface area contributed by atoms with E-state index in [4.69, 9.17) is 11.6 Å². The first-order valence-corrected chi connectivity index (χ1v) is 6.13. The van der Waals surface area contributed by atoms with Crippen molar-refractivity contribution in [1.82, 2.24) is 10.3 Å². The van der Waals surface area contributed by atoms with Gasteiger partial charge in [0, 0.05) is 29.1 Å². The van der Waals surface area contributed by atoms with Gasteiger partial charge in [-0.3, -0.25) is 0 Å². The highest BCUT2D eigenvalue weighted by atomic mass is 35.5. The Morgan fingerprint density at radius 1 is 1.38 bits per heavy atom. The Bertz CT molecular complexity index is 439. The number of phenolic OH excluding ortho intramolecular Hbond substituents is 1. The van der Waals surface area contributed by atoms with Crippen molar-refractivity contribution in [2.24, 2.45) is 0 Å². The van der Waals surface area contributed by atoms with Crippen molar-refractivity contribution in [3.8, 4) is 5.75 Å². The van der Waals surface area contributed by atoms with Crippen LogP contribution in [0.1, 0.15) is 11.3 Å². The third kappa shape index (κ3) is 2.72. The monoisotopic (exact) mass is 254 g/mol. The largest absolute Gasteiger partial charge is 0.508 e. The molecule has 2 rings (SSSR count). The van der Waals surface area contributed by atoms with E-state index in [1.54, 1.807) is 35.0 Å². The van der Waals surface area contributed by atoms with Crippen LogP contribution in [0.2, 0.25) is 5.02 Å². The van der Waals surface area contributed by atoms with Crippen LogP contribution in [0.25, 0.3) is 0 Å². The first-order chi connectivity index (χ1) is 7.77.